The molecule has 1 aromatic carbocycles. The van der Waals surface area contributed by atoms with Gasteiger partial charge in [-0.25, -0.2) is 4.98 Å². The van der Waals surface area contributed by atoms with Crippen LogP contribution in [0.5, 0.6) is 0 Å². The van der Waals surface area contributed by atoms with Gasteiger partial charge < -0.3 is 0 Å². The number of thiazole rings is 1. The van der Waals surface area contributed by atoms with Gasteiger partial charge in [-0.05, 0) is 18.2 Å². The Hall–Kier alpha value is -1.71. The van der Waals surface area contributed by atoms with E-state index in [2.05, 4.69) is 9.97 Å². The highest BCUT2D eigenvalue weighted by molar-refractivity contribution is 7.13. The number of aromatic nitrogens is 2. The van der Waals surface area contributed by atoms with Crippen LogP contribution in [0.1, 0.15) is 0 Å². The first kappa shape index (κ1) is 11.4. The maximum atomic E-state index is 6.17. The molecule has 0 aliphatic carbocycles. The predicted octanol–water partition coefficient (Wildman–Crippen LogP) is 4.53. The molecule has 2 aromatic heterocycles. The standard InChI is InChI=1S/C14H9ClN2S/c15-12-6-2-1-5-11(12)14-17-13(9-18-14)10-4-3-7-16-8-10/h1-9H. The third-order valence-electron chi connectivity index (χ3n) is 2.57. The van der Waals surface area contributed by atoms with Gasteiger partial charge in [0, 0.05) is 28.9 Å². The molecule has 0 saturated carbocycles. The minimum absolute atomic E-state index is 0.726. The second-order valence-corrected chi connectivity index (χ2v) is 5.02. The molecule has 3 rings (SSSR count). The van der Waals surface area contributed by atoms with Crippen molar-refractivity contribution in [1.29, 1.82) is 0 Å². The van der Waals surface area contributed by atoms with Crippen molar-refractivity contribution in [2.75, 3.05) is 0 Å². The first-order valence-corrected chi connectivity index (χ1v) is 6.71. The highest BCUT2D eigenvalue weighted by Crippen LogP contribution is 2.32. The van der Waals surface area contributed by atoms with Gasteiger partial charge in [-0.1, -0.05) is 29.8 Å². The summed E-state index contributed by atoms with van der Waals surface area (Å²) in [5.41, 5.74) is 2.93. The van der Waals surface area contributed by atoms with Crippen LogP contribution in [0.25, 0.3) is 21.8 Å². The van der Waals surface area contributed by atoms with Gasteiger partial charge in [-0.15, -0.1) is 11.3 Å². The molecule has 0 saturated heterocycles. The van der Waals surface area contributed by atoms with E-state index in [1.165, 1.54) is 0 Å². The third kappa shape index (κ3) is 2.15. The molecule has 2 nitrogen and oxygen atoms in total. The molecule has 0 atom stereocenters. The lowest BCUT2D eigenvalue weighted by Gasteiger charge is -1.98. The highest BCUT2D eigenvalue weighted by Gasteiger charge is 2.08. The summed E-state index contributed by atoms with van der Waals surface area (Å²) in [7, 11) is 0. The Bertz CT molecular complexity index is 664. The van der Waals surface area contributed by atoms with E-state index < -0.39 is 0 Å². The van der Waals surface area contributed by atoms with E-state index in [1.54, 1.807) is 17.5 Å². The maximum absolute atomic E-state index is 6.17. The number of rotatable bonds is 2. The van der Waals surface area contributed by atoms with Crippen LogP contribution >= 0.6 is 22.9 Å². The summed E-state index contributed by atoms with van der Waals surface area (Å²) in [5.74, 6) is 0. The zero-order valence-corrected chi connectivity index (χ0v) is 10.9. The Balaban J connectivity index is 2.03. The molecule has 0 unspecified atom stereocenters. The van der Waals surface area contributed by atoms with Crippen LogP contribution in [0.15, 0.2) is 54.2 Å². The van der Waals surface area contributed by atoms with Crippen molar-refractivity contribution < 1.29 is 0 Å². The van der Waals surface area contributed by atoms with Crippen LogP contribution in [0.3, 0.4) is 0 Å². The first-order chi connectivity index (χ1) is 8.84. The van der Waals surface area contributed by atoms with Gasteiger partial charge >= 0.3 is 0 Å². The number of hydrogen-bond acceptors (Lipinski definition) is 3. The van der Waals surface area contributed by atoms with E-state index in [0.29, 0.717) is 0 Å². The fraction of sp³-hybridized carbons (Fsp3) is 0. The van der Waals surface area contributed by atoms with Gasteiger partial charge in [0.1, 0.15) is 5.01 Å². The molecule has 0 spiro atoms. The number of halogens is 1. The van der Waals surface area contributed by atoms with E-state index in [0.717, 1.165) is 26.9 Å². The summed E-state index contributed by atoms with van der Waals surface area (Å²) in [6.07, 6.45) is 3.57. The molecular formula is C14H9ClN2S. The summed E-state index contributed by atoms with van der Waals surface area (Å²) < 4.78 is 0. The quantitative estimate of drug-likeness (QED) is 0.685. The smallest absolute Gasteiger partial charge is 0.125 e. The summed E-state index contributed by atoms with van der Waals surface area (Å²) in [5, 5.41) is 3.68. The van der Waals surface area contributed by atoms with Crippen molar-refractivity contribution in [2.24, 2.45) is 0 Å². The van der Waals surface area contributed by atoms with Gasteiger partial charge in [-0.3, -0.25) is 4.98 Å². The van der Waals surface area contributed by atoms with Gasteiger partial charge in [0.2, 0.25) is 0 Å². The molecule has 2 heterocycles. The minimum atomic E-state index is 0.726. The Morgan fingerprint density at radius 2 is 1.94 bits per heavy atom. The number of hydrogen-bond donors (Lipinski definition) is 0. The Labute approximate surface area is 114 Å². The van der Waals surface area contributed by atoms with E-state index >= 15 is 0 Å². The molecule has 0 N–H and O–H groups in total. The number of benzene rings is 1. The summed E-state index contributed by atoms with van der Waals surface area (Å²) in [6, 6.07) is 11.6. The number of pyridine rings is 1. The van der Waals surface area contributed by atoms with Gasteiger partial charge in [0.05, 0.1) is 10.7 Å². The largest absolute Gasteiger partial charge is 0.264 e. The van der Waals surface area contributed by atoms with Gasteiger partial charge in [0.15, 0.2) is 0 Å². The molecule has 18 heavy (non-hydrogen) atoms. The van der Waals surface area contributed by atoms with Crippen LogP contribution in [-0.2, 0) is 0 Å². The number of nitrogens with zero attached hydrogens (tertiary/aromatic N) is 2. The van der Waals surface area contributed by atoms with Crippen LogP contribution in [-0.4, -0.2) is 9.97 Å². The second-order valence-electron chi connectivity index (χ2n) is 3.76. The Kier molecular flexibility index (Phi) is 3.09. The monoisotopic (exact) mass is 272 g/mol. The lowest BCUT2D eigenvalue weighted by molar-refractivity contribution is 1.31. The summed E-state index contributed by atoms with van der Waals surface area (Å²) >= 11 is 7.76. The van der Waals surface area contributed by atoms with Crippen LogP contribution in [0.2, 0.25) is 5.02 Å². The zero-order valence-electron chi connectivity index (χ0n) is 9.38. The molecule has 88 valence electrons. The van der Waals surface area contributed by atoms with Crippen molar-refractivity contribution in [3.63, 3.8) is 0 Å². The Morgan fingerprint density at radius 1 is 1.06 bits per heavy atom. The molecule has 3 aromatic rings. The molecule has 0 aliphatic rings. The summed E-state index contributed by atoms with van der Waals surface area (Å²) in [6.45, 7) is 0. The van der Waals surface area contributed by atoms with Crippen LogP contribution < -0.4 is 0 Å². The van der Waals surface area contributed by atoms with Crippen molar-refractivity contribution in [3.05, 3.63) is 59.2 Å². The molecule has 0 radical (unpaired) electrons. The van der Waals surface area contributed by atoms with E-state index in [-0.39, 0.29) is 0 Å². The lowest BCUT2D eigenvalue weighted by Crippen LogP contribution is -1.81. The lowest BCUT2D eigenvalue weighted by atomic mass is 10.2. The first-order valence-electron chi connectivity index (χ1n) is 5.45. The average Bonchev–Trinajstić information content (AvgIpc) is 2.90. The van der Waals surface area contributed by atoms with E-state index in [9.17, 15) is 0 Å². The highest BCUT2D eigenvalue weighted by atomic mass is 35.5. The fourth-order valence-electron chi connectivity index (χ4n) is 1.68. The topological polar surface area (TPSA) is 25.8 Å². The maximum Gasteiger partial charge on any atom is 0.125 e. The fourth-order valence-corrected chi connectivity index (χ4v) is 2.83. The molecule has 0 bridgehead atoms. The predicted molar refractivity (Wildman–Crippen MR) is 75.8 cm³/mol. The van der Waals surface area contributed by atoms with Crippen molar-refractivity contribution in [1.82, 2.24) is 9.97 Å². The normalized spacial score (nSPS) is 10.5. The van der Waals surface area contributed by atoms with Gasteiger partial charge in [-0.2, -0.15) is 0 Å². The van der Waals surface area contributed by atoms with Gasteiger partial charge in [0.25, 0.3) is 0 Å². The van der Waals surface area contributed by atoms with Crippen LogP contribution in [0, 0.1) is 0 Å². The summed E-state index contributed by atoms with van der Waals surface area (Å²) in [4.78, 5) is 8.70. The second kappa shape index (κ2) is 4.88. The zero-order chi connectivity index (χ0) is 12.4. The van der Waals surface area contributed by atoms with Crippen molar-refractivity contribution >= 4 is 22.9 Å². The minimum Gasteiger partial charge on any atom is -0.264 e. The average molecular weight is 273 g/mol. The van der Waals surface area contributed by atoms with Crippen molar-refractivity contribution in [3.8, 4) is 21.8 Å². The Morgan fingerprint density at radius 3 is 2.72 bits per heavy atom. The molecule has 0 fully saturated rings. The van der Waals surface area contributed by atoms with Crippen LogP contribution in [0.4, 0.5) is 0 Å². The molecular weight excluding hydrogens is 264 g/mol. The third-order valence-corrected chi connectivity index (χ3v) is 3.77. The molecule has 0 aliphatic heterocycles. The van der Waals surface area contributed by atoms with E-state index in [4.69, 9.17) is 11.6 Å². The van der Waals surface area contributed by atoms with Crippen molar-refractivity contribution in [2.45, 2.75) is 0 Å². The molecule has 0 amide bonds. The molecule has 4 heteroatoms. The van der Waals surface area contributed by atoms with E-state index in [1.807, 2.05) is 48.0 Å². The SMILES string of the molecule is Clc1ccccc1-c1nc(-c2cccnc2)cs1.